The van der Waals surface area contributed by atoms with Crippen LogP contribution in [-0.2, 0) is 0 Å². The lowest BCUT2D eigenvalue weighted by Crippen LogP contribution is -2.18. The fourth-order valence-electron chi connectivity index (χ4n) is 2.17. The molecule has 1 atom stereocenters. The van der Waals surface area contributed by atoms with E-state index in [1.165, 1.54) is 4.88 Å². The average Bonchev–Trinajstić information content (AvgIpc) is 2.79. The van der Waals surface area contributed by atoms with E-state index in [0.29, 0.717) is 10.6 Å². The Morgan fingerprint density at radius 3 is 2.67 bits per heavy atom. The van der Waals surface area contributed by atoms with E-state index in [-0.39, 0.29) is 11.9 Å². The van der Waals surface area contributed by atoms with Crippen LogP contribution in [0.25, 0.3) is 0 Å². The second-order valence-electron chi connectivity index (χ2n) is 4.82. The number of aryl methyl sites for hydroxylation is 2. The zero-order valence-electron chi connectivity index (χ0n) is 12.5. The smallest absolute Gasteiger partial charge is 0.251 e. The minimum absolute atomic E-state index is 0.0774. The number of rotatable bonds is 4. The third kappa shape index (κ3) is 3.54. The number of nitrogens with zero attached hydrogens (tertiary/aromatic N) is 1. The molecule has 0 bridgehead atoms. The Balaban J connectivity index is 2.26. The quantitative estimate of drug-likeness (QED) is 0.896. The molecule has 1 amide bonds. The van der Waals surface area contributed by atoms with Gasteiger partial charge < -0.3 is 10.6 Å². The third-order valence-corrected chi connectivity index (χ3v) is 4.75. The molecule has 1 aromatic carbocycles. The fraction of sp³-hybridized carbons (Fsp3) is 0.333. The van der Waals surface area contributed by atoms with Gasteiger partial charge in [0.2, 0.25) is 0 Å². The van der Waals surface area contributed by atoms with E-state index in [0.717, 1.165) is 16.4 Å². The van der Waals surface area contributed by atoms with Gasteiger partial charge >= 0.3 is 0 Å². The Kier molecular flexibility index (Phi) is 4.85. The van der Waals surface area contributed by atoms with Crippen molar-refractivity contribution in [2.24, 2.45) is 0 Å². The van der Waals surface area contributed by atoms with E-state index in [4.69, 9.17) is 11.6 Å². The first kappa shape index (κ1) is 15.8. The number of thiazole rings is 1. The molecular formula is C15H18ClN3OS. The molecule has 1 heterocycles. The predicted octanol–water partition coefficient (Wildman–Crippen LogP) is 3.95. The van der Waals surface area contributed by atoms with Gasteiger partial charge in [-0.05, 0) is 39.0 Å². The van der Waals surface area contributed by atoms with Crippen molar-refractivity contribution >= 4 is 34.5 Å². The molecule has 0 aliphatic carbocycles. The summed E-state index contributed by atoms with van der Waals surface area (Å²) in [4.78, 5) is 17.3. The van der Waals surface area contributed by atoms with Gasteiger partial charge in [-0.3, -0.25) is 4.79 Å². The molecule has 4 nitrogen and oxygen atoms in total. The van der Waals surface area contributed by atoms with Crippen molar-refractivity contribution < 1.29 is 4.79 Å². The lowest BCUT2D eigenvalue weighted by Gasteiger charge is -2.16. The highest BCUT2D eigenvalue weighted by Gasteiger charge is 2.15. The minimum Gasteiger partial charge on any atom is -0.376 e. The first-order chi connectivity index (χ1) is 9.92. The lowest BCUT2D eigenvalue weighted by molar-refractivity contribution is 0.0963. The van der Waals surface area contributed by atoms with Crippen molar-refractivity contribution in [1.29, 1.82) is 0 Å². The molecule has 112 valence electrons. The first-order valence-corrected chi connectivity index (χ1v) is 7.84. The third-order valence-electron chi connectivity index (χ3n) is 3.16. The van der Waals surface area contributed by atoms with Crippen LogP contribution < -0.4 is 10.6 Å². The van der Waals surface area contributed by atoms with Crippen LogP contribution in [0.2, 0.25) is 5.02 Å². The second-order valence-corrected chi connectivity index (χ2v) is 6.46. The summed E-state index contributed by atoms with van der Waals surface area (Å²) in [7, 11) is 1.61. The molecule has 1 aromatic heterocycles. The van der Waals surface area contributed by atoms with Crippen LogP contribution >= 0.6 is 22.9 Å². The van der Waals surface area contributed by atoms with Crippen molar-refractivity contribution in [3.63, 3.8) is 0 Å². The van der Waals surface area contributed by atoms with Gasteiger partial charge in [0.05, 0.1) is 27.5 Å². The monoisotopic (exact) mass is 323 g/mol. The highest BCUT2D eigenvalue weighted by Crippen LogP contribution is 2.31. The normalized spacial score (nSPS) is 12.0. The number of nitrogens with one attached hydrogen (secondary N) is 2. The number of benzene rings is 1. The molecule has 2 rings (SSSR count). The summed E-state index contributed by atoms with van der Waals surface area (Å²) >= 11 is 7.88. The number of hydrogen-bond donors (Lipinski definition) is 2. The zero-order chi connectivity index (χ0) is 15.6. The van der Waals surface area contributed by atoms with Crippen molar-refractivity contribution in [1.82, 2.24) is 10.3 Å². The van der Waals surface area contributed by atoms with Crippen molar-refractivity contribution in [3.05, 3.63) is 44.4 Å². The maximum atomic E-state index is 11.7. The van der Waals surface area contributed by atoms with E-state index in [1.54, 1.807) is 36.6 Å². The molecule has 0 saturated heterocycles. The zero-order valence-corrected chi connectivity index (χ0v) is 14.0. The van der Waals surface area contributed by atoms with Gasteiger partial charge in [0.15, 0.2) is 0 Å². The molecule has 6 heteroatoms. The molecule has 0 fully saturated rings. The van der Waals surface area contributed by atoms with Crippen LogP contribution in [0, 0.1) is 13.8 Å². The summed E-state index contributed by atoms with van der Waals surface area (Å²) < 4.78 is 0. The second kappa shape index (κ2) is 6.45. The lowest BCUT2D eigenvalue weighted by atomic mass is 10.1. The van der Waals surface area contributed by atoms with Crippen LogP contribution in [0.5, 0.6) is 0 Å². The molecule has 0 saturated carbocycles. The Labute approximate surface area is 133 Å². The number of carbonyl (C=O) groups is 1. The number of amides is 1. The first-order valence-electron chi connectivity index (χ1n) is 6.64. The van der Waals surface area contributed by atoms with Crippen LogP contribution in [-0.4, -0.2) is 17.9 Å². The molecule has 0 radical (unpaired) electrons. The van der Waals surface area contributed by atoms with E-state index in [1.807, 2.05) is 13.8 Å². The highest BCUT2D eigenvalue weighted by molar-refractivity contribution is 7.11. The molecular weight excluding hydrogens is 306 g/mol. The van der Waals surface area contributed by atoms with Gasteiger partial charge in [-0.25, -0.2) is 4.98 Å². The van der Waals surface area contributed by atoms with E-state index in [2.05, 4.69) is 22.5 Å². The molecule has 0 spiro atoms. The maximum Gasteiger partial charge on any atom is 0.251 e. The average molecular weight is 324 g/mol. The van der Waals surface area contributed by atoms with E-state index < -0.39 is 0 Å². The molecule has 0 aliphatic rings. The summed E-state index contributed by atoms with van der Waals surface area (Å²) in [6.07, 6.45) is 0. The van der Waals surface area contributed by atoms with E-state index in [9.17, 15) is 4.79 Å². The van der Waals surface area contributed by atoms with Crippen molar-refractivity contribution in [2.75, 3.05) is 12.4 Å². The number of aromatic nitrogens is 1. The van der Waals surface area contributed by atoms with Gasteiger partial charge in [0, 0.05) is 17.5 Å². The molecule has 21 heavy (non-hydrogen) atoms. The van der Waals surface area contributed by atoms with Crippen LogP contribution in [0.1, 0.15) is 38.9 Å². The summed E-state index contributed by atoms with van der Waals surface area (Å²) in [5.41, 5.74) is 2.35. The van der Waals surface area contributed by atoms with Crippen LogP contribution in [0.15, 0.2) is 18.2 Å². The number of anilines is 1. The molecule has 2 aromatic rings. The molecule has 2 N–H and O–H groups in total. The summed E-state index contributed by atoms with van der Waals surface area (Å²) in [5.74, 6) is -0.132. The highest BCUT2D eigenvalue weighted by atomic mass is 35.5. The van der Waals surface area contributed by atoms with Gasteiger partial charge in [0.25, 0.3) is 5.91 Å². The van der Waals surface area contributed by atoms with Gasteiger partial charge in [0.1, 0.15) is 0 Å². The van der Waals surface area contributed by atoms with Crippen molar-refractivity contribution in [3.8, 4) is 0 Å². The number of halogens is 1. The summed E-state index contributed by atoms with van der Waals surface area (Å²) in [5, 5.41) is 7.60. The minimum atomic E-state index is -0.132. The van der Waals surface area contributed by atoms with Crippen molar-refractivity contribution in [2.45, 2.75) is 26.8 Å². The SMILES string of the molecule is CNC(=O)c1ccc(Cl)c(NC(C)c2sc(C)nc2C)c1. The largest absolute Gasteiger partial charge is 0.376 e. The Hall–Kier alpha value is -1.59. The number of hydrogen-bond acceptors (Lipinski definition) is 4. The molecule has 0 aliphatic heterocycles. The summed E-state index contributed by atoms with van der Waals surface area (Å²) in [6, 6.07) is 5.28. The number of carbonyl (C=O) groups excluding carboxylic acids is 1. The standard InChI is InChI=1S/C15H18ClN3OS/c1-8-14(21-10(3)18-8)9(2)19-13-7-11(15(20)17-4)5-6-12(13)16/h5-7,9,19H,1-4H3,(H,17,20). The predicted molar refractivity (Wildman–Crippen MR) is 88.5 cm³/mol. The Morgan fingerprint density at radius 2 is 2.10 bits per heavy atom. The van der Waals surface area contributed by atoms with Gasteiger partial charge in [-0.1, -0.05) is 11.6 Å². The van der Waals surface area contributed by atoms with Gasteiger partial charge in [-0.2, -0.15) is 0 Å². The van der Waals surface area contributed by atoms with Gasteiger partial charge in [-0.15, -0.1) is 11.3 Å². The topological polar surface area (TPSA) is 54.0 Å². The van der Waals surface area contributed by atoms with Crippen LogP contribution in [0.3, 0.4) is 0 Å². The van der Waals surface area contributed by atoms with Crippen LogP contribution in [0.4, 0.5) is 5.69 Å². The van der Waals surface area contributed by atoms with E-state index >= 15 is 0 Å². The maximum absolute atomic E-state index is 11.7. The fourth-order valence-corrected chi connectivity index (χ4v) is 3.27. The summed E-state index contributed by atoms with van der Waals surface area (Å²) in [6.45, 7) is 6.05. The Morgan fingerprint density at radius 1 is 1.38 bits per heavy atom. The molecule has 1 unspecified atom stereocenters. The Bertz CT molecular complexity index is 669.